The average molecular weight is 284 g/mol. The number of anilines is 1. The minimum Gasteiger partial charge on any atom is -0.384 e. The molecule has 0 aliphatic heterocycles. The molecule has 4 N–H and O–H groups in total. The molecular formula is C11H13FN4O2S. The summed E-state index contributed by atoms with van der Waals surface area (Å²) in [4.78, 5) is 0.0379. The van der Waals surface area contributed by atoms with Crippen LogP contribution in [-0.2, 0) is 16.6 Å². The number of nitrogens with zero attached hydrogens (tertiary/aromatic N) is 1. The number of rotatable bonds is 4. The Balaban J connectivity index is 2.21. The van der Waals surface area contributed by atoms with Crippen molar-refractivity contribution in [3.05, 3.63) is 41.3 Å². The van der Waals surface area contributed by atoms with Crippen LogP contribution in [0.15, 0.2) is 29.3 Å². The summed E-state index contributed by atoms with van der Waals surface area (Å²) in [6.45, 7) is 1.55. The first-order valence-corrected chi connectivity index (χ1v) is 6.92. The molecule has 0 aliphatic carbocycles. The number of aromatic nitrogens is 2. The minimum atomic E-state index is -3.71. The van der Waals surface area contributed by atoms with Crippen molar-refractivity contribution in [1.82, 2.24) is 14.9 Å². The van der Waals surface area contributed by atoms with E-state index in [1.54, 1.807) is 0 Å². The van der Waals surface area contributed by atoms with E-state index < -0.39 is 15.8 Å². The van der Waals surface area contributed by atoms with Gasteiger partial charge in [-0.1, -0.05) is 0 Å². The molecule has 0 spiro atoms. The predicted molar refractivity (Wildman–Crippen MR) is 68.2 cm³/mol. The molecule has 1 aromatic heterocycles. The number of nitrogens with two attached hydrogens (primary N) is 1. The fraction of sp³-hybridized carbons (Fsp3) is 0.182. The van der Waals surface area contributed by atoms with Crippen LogP contribution in [0, 0.1) is 12.7 Å². The third-order valence-electron chi connectivity index (χ3n) is 2.63. The van der Waals surface area contributed by atoms with Gasteiger partial charge in [0.25, 0.3) is 0 Å². The van der Waals surface area contributed by atoms with E-state index in [1.807, 2.05) is 0 Å². The molecule has 0 fully saturated rings. The fourth-order valence-corrected chi connectivity index (χ4v) is 2.86. The van der Waals surface area contributed by atoms with Crippen LogP contribution in [-0.4, -0.2) is 18.6 Å². The second-order valence-electron chi connectivity index (χ2n) is 4.04. The van der Waals surface area contributed by atoms with Crippen molar-refractivity contribution in [1.29, 1.82) is 0 Å². The maximum absolute atomic E-state index is 13.0. The van der Waals surface area contributed by atoms with Crippen LogP contribution in [0.4, 0.5) is 10.2 Å². The average Bonchev–Trinajstić information content (AvgIpc) is 2.72. The second-order valence-corrected chi connectivity index (χ2v) is 5.78. The molecule has 0 bridgehead atoms. The number of hydrogen-bond acceptors (Lipinski definition) is 4. The Labute approximate surface area is 109 Å². The van der Waals surface area contributed by atoms with Gasteiger partial charge in [0, 0.05) is 12.1 Å². The van der Waals surface area contributed by atoms with Crippen molar-refractivity contribution >= 4 is 15.8 Å². The minimum absolute atomic E-state index is 0.0154. The van der Waals surface area contributed by atoms with E-state index >= 15 is 0 Å². The smallest absolute Gasteiger partial charge is 0.241 e. The standard InChI is InChI=1S/C11H13FN4O2S/c1-7-4-9(12)2-3-10(7)19(17,18)15-6-8-5-14-16-11(8)13/h2-5,15H,6H2,1H3,(H3,13,14,16). The Kier molecular flexibility index (Phi) is 3.54. The molecule has 1 heterocycles. The van der Waals surface area contributed by atoms with Gasteiger partial charge in [-0.15, -0.1) is 0 Å². The van der Waals surface area contributed by atoms with Crippen molar-refractivity contribution < 1.29 is 12.8 Å². The molecule has 0 unspecified atom stereocenters. The van der Waals surface area contributed by atoms with E-state index in [0.717, 1.165) is 6.07 Å². The first-order valence-electron chi connectivity index (χ1n) is 5.43. The van der Waals surface area contributed by atoms with Gasteiger partial charge in [0.1, 0.15) is 11.6 Å². The van der Waals surface area contributed by atoms with Crippen LogP contribution in [0.5, 0.6) is 0 Å². The lowest BCUT2D eigenvalue weighted by molar-refractivity contribution is 0.579. The lowest BCUT2D eigenvalue weighted by atomic mass is 10.2. The summed E-state index contributed by atoms with van der Waals surface area (Å²) >= 11 is 0. The van der Waals surface area contributed by atoms with Gasteiger partial charge < -0.3 is 5.73 Å². The summed E-state index contributed by atoms with van der Waals surface area (Å²) in [6, 6.07) is 3.50. The zero-order chi connectivity index (χ0) is 14.0. The van der Waals surface area contributed by atoms with Crippen molar-refractivity contribution in [2.45, 2.75) is 18.4 Å². The normalized spacial score (nSPS) is 11.7. The number of halogens is 1. The third-order valence-corrected chi connectivity index (χ3v) is 4.19. The van der Waals surface area contributed by atoms with Gasteiger partial charge in [-0.05, 0) is 30.7 Å². The van der Waals surface area contributed by atoms with Crippen molar-refractivity contribution in [3.63, 3.8) is 0 Å². The van der Waals surface area contributed by atoms with Gasteiger partial charge in [-0.3, -0.25) is 5.10 Å². The summed E-state index contributed by atoms with van der Waals surface area (Å²) in [5, 5.41) is 6.20. The molecule has 0 amide bonds. The summed E-state index contributed by atoms with van der Waals surface area (Å²) in [5.41, 5.74) is 6.44. The van der Waals surface area contributed by atoms with Crippen LogP contribution in [0.2, 0.25) is 0 Å². The molecule has 102 valence electrons. The maximum atomic E-state index is 13.0. The van der Waals surface area contributed by atoms with Crippen LogP contribution < -0.4 is 10.5 Å². The van der Waals surface area contributed by atoms with E-state index in [9.17, 15) is 12.8 Å². The summed E-state index contributed by atoms with van der Waals surface area (Å²) in [6.07, 6.45) is 1.44. The molecule has 0 radical (unpaired) electrons. The highest BCUT2D eigenvalue weighted by Gasteiger charge is 2.17. The van der Waals surface area contributed by atoms with E-state index in [2.05, 4.69) is 14.9 Å². The van der Waals surface area contributed by atoms with E-state index in [1.165, 1.54) is 25.3 Å². The van der Waals surface area contributed by atoms with Gasteiger partial charge >= 0.3 is 0 Å². The van der Waals surface area contributed by atoms with E-state index in [0.29, 0.717) is 16.9 Å². The molecule has 0 saturated heterocycles. The first kappa shape index (κ1) is 13.5. The molecule has 1 aromatic carbocycles. The van der Waals surface area contributed by atoms with Gasteiger partial charge in [0.15, 0.2) is 0 Å². The van der Waals surface area contributed by atoms with Crippen LogP contribution in [0.1, 0.15) is 11.1 Å². The molecule has 19 heavy (non-hydrogen) atoms. The lowest BCUT2D eigenvalue weighted by Crippen LogP contribution is -2.24. The third kappa shape index (κ3) is 2.91. The molecule has 0 aliphatic rings. The molecule has 0 atom stereocenters. The Bertz CT molecular complexity index is 696. The Morgan fingerprint density at radius 3 is 2.79 bits per heavy atom. The van der Waals surface area contributed by atoms with Crippen LogP contribution in [0.3, 0.4) is 0 Å². The largest absolute Gasteiger partial charge is 0.384 e. The van der Waals surface area contributed by atoms with Crippen LogP contribution in [0.25, 0.3) is 0 Å². The number of aryl methyl sites for hydroxylation is 1. The van der Waals surface area contributed by atoms with Gasteiger partial charge in [-0.25, -0.2) is 17.5 Å². The van der Waals surface area contributed by atoms with Crippen molar-refractivity contribution in [2.75, 3.05) is 5.73 Å². The number of nitrogen functional groups attached to an aromatic ring is 1. The zero-order valence-corrected chi connectivity index (χ0v) is 11.0. The summed E-state index contributed by atoms with van der Waals surface area (Å²) < 4.78 is 39.5. The van der Waals surface area contributed by atoms with Crippen molar-refractivity contribution in [3.8, 4) is 0 Å². The Morgan fingerprint density at radius 2 is 2.21 bits per heavy atom. The summed E-state index contributed by atoms with van der Waals surface area (Å²) in [5.74, 6) is -0.172. The molecule has 2 rings (SSSR count). The monoisotopic (exact) mass is 284 g/mol. The van der Waals surface area contributed by atoms with E-state index in [4.69, 9.17) is 5.73 Å². The molecule has 0 saturated carbocycles. The fourth-order valence-electron chi connectivity index (χ4n) is 1.63. The second kappa shape index (κ2) is 4.98. The number of nitrogens with one attached hydrogen (secondary N) is 2. The topological polar surface area (TPSA) is 101 Å². The maximum Gasteiger partial charge on any atom is 0.241 e. The molecule has 2 aromatic rings. The SMILES string of the molecule is Cc1cc(F)ccc1S(=O)(=O)NCc1cn[nH]c1N. The number of hydrogen-bond donors (Lipinski definition) is 3. The van der Waals surface area contributed by atoms with E-state index in [-0.39, 0.29) is 11.4 Å². The number of sulfonamides is 1. The van der Waals surface area contributed by atoms with Crippen LogP contribution >= 0.6 is 0 Å². The molecule has 6 nitrogen and oxygen atoms in total. The zero-order valence-electron chi connectivity index (χ0n) is 10.1. The van der Waals surface area contributed by atoms with Gasteiger partial charge in [0.2, 0.25) is 10.0 Å². The van der Waals surface area contributed by atoms with Crippen molar-refractivity contribution in [2.24, 2.45) is 0 Å². The Morgan fingerprint density at radius 1 is 1.47 bits per heavy atom. The summed E-state index contributed by atoms with van der Waals surface area (Å²) in [7, 11) is -3.71. The highest BCUT2D eigenvalue weighted by atomic mass is 32.2. The molecular weight excluding hydrogens is 271 g/mol. The Hall–Kier alpha value is -1.93. The van der Waals surface area contributed by atoms with Gasteiger partial charge in [0.05, 0.1) is 11.1 Å². The van der Waals surface area contributed by atoms with Gasteiger partial charge in [-0.2, -0.15) is 5.10 Å². The highest BCUT2D eigenvalue weighted by molar-refractivity contribution is 7.89. The first-order chi connectivity index (χ1) is 8.90. The number of aromatic amines is 1. The number of benzene rings is 1. The quantitative estimate of drug-likeness (QED) is 0.777. The highest BCUT2D eigenvalue weighted by Crippen LogP contribution is 2.16. The predicted octanol–water partition coefficient (Wildman–Crippen LogP) is 0.918. The number of H-pyrrole nitrogens is 1. The lowest BCUT2D eigenvalue weighted by Gasteiger charge is -2.08. The molecule has 8 heteroatoms.